The molecule has 2 atom stereocenters. The van der Waals surface area contributed by atoms with E-state index in [2.05, 4.69) is 26.0 Å². The first kappa shape index (κ1) is 7.84. The zero-order valence-electron chi connectivity index (χ0n) is 7.14. The minimum Gasteiger partial charge on any atom is -0.0852 e. The minimum absolute atomic E-state index is 0.891. The molecule has 0 amide bonds. The lowest BCUT2D eigenvalue weighted by atomic mass is 9.86. The Balaban J connectivity index is 2.36. The molecule has 58 valence electrons. The van der Waals surface area contributed by atoms with Crippen LogP contribution in [0.5, 0.6) is 0 Å². The van der Waals surface area contributed by atoms with Gasteiger partial charge in [-0.25, -0.2) is 0 Å². The van der Waals surface area contributed by atoms with Gasteiger partial charge in [0.15, 0.2) is 0 Å². The number of rotatable bonds is 2. The molecular weight excluding hydrogens is 120 g/mol. The fraction of sp³-hybridized carbons (Fsp3) is 0.800. The molecule has 0 fully saturated rings. The maximum atomic E-state index is 2.41. The third-order valence-corrected chi connectivity index (χ3v) is 2.61. The molecule has 1 rings (SSSR count). The molecule has 1 aliphatic carbocycles. The lowest BCUT2D eigenvalue weighted by Crippen LogP contribution is -2.06. The van der Waals surface area contributed by atoms with E-state index in [1.54, 1.807) is 0 Å². The molecule has 0 saturated heterocycles. The van der Waals surface area contributed by atoms with Crippen molar-refractivity contribution in [1.82, 2.24) is 0 Å². The number of hydrogen-bond acceptors (Lipinski definition) is 0. The molecule has 0 heteroatoms. The Bertz CT molecular complexity index is 99.2. The average molecular weight is 138 g/mol. The lowest BCUT2D eigenvalue weighted by molar-refractivity contribution is 0.440. The molecule has 0 aliphatic heterocycles. The second-order valence-electron chi connectivity index (χ2n) is 3.30. The van der Waals surface area contributed by atoms with E-state index in [9.17, 15) is 0 Å². The van der Waals surface area contributed by atoms with E-state index >= 15 is 0 Å². The van der Waals surface area contributed by atoms with Gasteiger partial charge in [0, 0.05) is 0 Å². The Labute approximate surface area is 64.3 Å². The first-order chi connectivity index (χ1) is 4.86. The van der Waals surface area contributed by atoms with Crippen molar-refractivity contribution in [3.63, 3.8) is 0 Å². The Morgan fingerprint density at radius 1 is 1.00 bits per heavy atom. The predicted molar refractivity (Wildman–Crippen MR) is 45.9 cm³/mol. The van der Waals surface area contributed by atoms with Gasteiger partial charge in [0.25, 0.3) is 0 Å². The summed E-state index contributed by atoms with van der Waals surface area (Å²) < 4.78 is 0. The van der Waals surface area contributed by atoms with Gasteiger partial charge in [-0.3, -0.25) is 0 Å². The summed E-state index contributed by atoms with van der Waals surface area (Å²) in [6, 6.07) is 0. The quantitative estimate of drug-likeness (QED) is 0.513. The van der Waals surface area contributed by atoms with Gasteiger partial charge in [0.05, 0.1) is 0 Å². The van der Waals surface area contributed by atoms with Crippen LogP contribution in [0.15, 0.2) is 12.2 Å². The average Bonchev–Trinajstić information content (AvgIpc) is 2.05. The van der Waals surface area contributed by atoms with Crippen LogP contribution in [0.3, 0.4) is 0 Å². The van der Waals surface area contributed by atoms with Crippen molar-refractivity contribution in [3.05, 3.63) is 12.2 Å². The molecule has 2 unspecified atom stereocenters. The second kappa shape index (κ2) is 3.80. The summed E-state index contributed by atoms with van der Waals surface area (Å²) in [5.41, 5.74) is 0. The SMILES string of the molecule is CCC1C=CC(CC)CC1. The van der Waals surface area contributed by atoms with Crippen molar-refractivity contribution in [2.75, 3.05) is 0 Å². The first-order valence-corrected chi connectivity index (χ1v) is 4.55. The standard InChI is InChI=1S/C10H18/c1-3-9-5-7-10(4-2)8-6-9/h5,7,9-10H,3-4,6,8H2,1-2H3. The highest BCUT2D eigenvalue weighted by Crippen LogP contribution is 2.25. The van der Waals surface area contributed by atoms with Crippen molar-refractivity contribution in [3.8, 4) is 0 Å². The summed E-state index contributed by atoms with van der Waals surface area (Å²) in [5.74, 6) is 1.78. The fourth-order valence-corrected chi connectivity index (χ4v) is 1.62. The third kappa shape index (κ3) is 1.86. The minimum atomic E-state index is 0.891. The Kier molecular flexibility index (Phi) is 2.98. The maximum absolute atomic E-state index is 2.41. The van der Waals surface area contributed by atoms with Gasteiger partial charge in [-0.1, -0.05) is 26.0 Å². The van der Waals surface area contributed by atoms with E-state index in [-0.39, 0.29) is 0 Å². The molecule has 0 spiro atoms. The summed E-state index contributed by atoms with van der Waals surface area (Å²) in [6.07, 6.45) is 10.3. The van der Waals surface area contributed by atoms with E-state index in [0.29, 0.717) is 0 Å². The zero-order chi connectivity index (χ0) is 7.40. The molecule has 0 radical (unpaired) electrons. The predicted octanol–water partition coefficient (Wildman–Crippen LogP) is 3.39. The van der Waals surface area contributed by atoms with E-state index in [4.69, 9.17) is 0 Å². The molecule has 1 aliphatic rings. The van der Waals surface area contributed by atoms with Crippen LogP contribution in [-0.2, 0) is 0 Å². The molecule has 0 nitrogen and oxygen atoms in total. The zero-order valence-corrected chi connectivity index (χ0v) is 7.14. The summed E-state index contributed by atoms with van der Waals surface area (Å²) >= 11 is 0. The number of hydrogen-bond donors (Lipinski definition) is 0. The van der Waals surface area contributed by atoms with Crippen LogP contribution in [0.25, 0.3) is 0 Å². The molecule has 0 aromatic carbocycles. The third-order valence-electron chi connectivity index (χ3n) is 2.61. The van der Waals surface area contributed by atoms with Crippen LogP contribution in [0.4, 0.5) is 0 Å². The van der Waals surface area contributed by atoms with Crippen molar-refractivity contribution < 1.29 is 0 Å². The van der Waals surface area contributed by atoms with Gasteiger partial charge in [-0.15, -0.1) is 0 Å². The first-order valence-electron chi connectivity index (χ1n) is 4.55. The molecule has 0 aromatic rings. The topological polar surface area (TPSA) is 0 Å². The van der Waals surface area contributed by atoms with E-state index in [0.717, 1.165) is 11.8 Å². The van der Waals surface area contributed by atoms with Crippen LogP contribution in [0, 0.1) is 11.8 Å². The van der Waals surface area contributed by atoms with Gasteiger partial charge in [0.1, 0.15) is 0 Å². The Morgan fingerprint density at radius 2 is 1.40 bits per heavy atom. The molecule has 0 N–H and O–H groups in total. The van der Waals surface area contributed by atoms with E-state index < -0.39 is 0 Å². The van der Waals surface area contributed by atoms with Crippen LogP contribution in [0.2, 0.25) is 0 Å². The van der Waals surface area contributed by atoms with Crippen molar-refractivity contribution in [2.24, 2.45) is 11.8 Å². The monoisotopic (exact) mass is 138 g/mol. The molecular formula is C10H18. The largest absolute Gasteiger partial charge is 0.0852 e. The molecule has 0 saturated carbocycles. The fourth-order valence-electron chi connectivity index (χ4n) is 1.62. The molecule has 0 aromatic heterocycles. The normalized spacial score (nSPS) is 32.6. The smallest absolute Gasteiger partial charge is 0.0236 e. The number of allylic oxidation sites excluding steroid dienone is 2. The van der Waals surface area contributed by atoms with Crippen LogP contribution >= 0.6 is 0 Å². The van der Waals surface area contributed by atoms with Gasteiger partial charge < -0.3 is 0 Å². The summed E-state index contributed by atoms with van der Waals surface area (Å²) in [7, 11) is 0. The van der Waals surface area contributed by atoms with Crippen LogP contribution < -0.4 is 0 Å². The highest BCUT2D eigenvalue weighted by molar-refractivity contribution is 4.96. The highest BCUT2D eigenvalue weighted by atomic mass is 14.2. The van der Waals surface area contributed by atoms with Gasteiger partial charge >= 0.3 is 0 Å². The summed E-state index contributed by atoms with van der Waals surface area (Å²) in [5, 5.41) is 0. The van der Waals surface area contributed by atoms with Crippen molar-refractivity contribution in [1.29, 1.82) is 0 Å². The molecule has 0 bridgehead atoms. The van der Waals surface area contributed by atoms with Crippen LogP contribution in [-0.4, -0.2) is 0 Å². The van der Waals surface area contributed by atoms with Crippen molar-refractivity contribution >= 4 is 0 Å². The molecule has 0 heterocycles. The Morgan fingerprint density at radius 3 is 1.60 bits per heavy atom. The summed E-state index contributed by atoms with van der Waals surface area (Å²) in [4.78, 5) is 0. The lowest BCUT2D eigenvalue weighted by Gasteiger charge is -2.20. The van der Waals surface area contributed by atoms with Gasteiger partial charge in [-0.05, 0) is 37.5 Å². The Hall–Kier alpha value is -0.260. The molecule has 10 heavy (non-hydrogen) atoms. The van der Waals surface area contributed by atoms with Crippen LogP contribution in [0.1, 0.15) is 39.5 Å². The van der Waals surface area contributed by atoms with E-state index in [1.165, 1.54) is 25.7 Å². The van der Waals surface area contributed by atoms with Crippen molar-refractivity contribution in [2.45, 2.75) is 39.5 Å². The van der Waals surface area contributed by atoms with E-state index in [1.807, 2.05) is 0 Å². The van der Waals surface area contributed by atoms with Gasteiger partial charge in [-0.2, -0.15) is 0 Å². The summed E-state index contributed by atoms with van der Waals surface area (Å²) in [6.45, 7) is 4.56. The van der Waals surface area contributed by atoms with Gasteiger partial charge in [0.2, 0.25) is 0 Å². The highest BCUT2D eigenvalue weighted by Gasteiger charge is 2.11. The maximum Gasteiger partial charge on any atom is -0.0236 e. The second-order valence-corrected chi connectivity index (χ2v) is 3.30.